The van der Waals surface area contributed by atoms with Gasteiger partial charge in [-0.15, -0.1) is 11.3 Å². The van der Waals surface area contributed by atoms with Gasteiger partial charge in [-0.3, -0.25) is 0 Å². The molecule has 13 heavy (non-hydrogen) atoms. The summed E-state index contributed by atoms with van der Waals surface area (Å²) < 4.78 is 0. The maximum atomic E-state index is 6.08. The fourth-order valence-electron chi connectivity index (χ4n) is 1.74. The van der Waals surface area contributed by atoms with Crippen molar-refractivity contribution >= 4 is 11.3 Å². The van der Waals surface area contributed by atoms with Crippen molar-refractivity contribution in [2.24, 2.45) is 11.7 Å². The maximum absolute atomic E-state index is 6.08. The van der Waals surface area contributed by atoms with Crippen LogP contribution in [-0.2, 0) is 5.54 Å². The summed E-state index contributed by atoms with van der Waals surface area (Å²) in [5.41, 5.74) is 7.19. The minimum absolute atomic E-state index is 0.0348. The number of rotatable bonds is 2. The van der Waals surface area contributed by atoms with Crippen molar-refractivity contribution in [1.29, 1.82) is 0 Å². The summed E-state index contributed by atoms with van der Waals surface area (Å²) >= 11 is 1.80. The highest BCUT2D eigenvalue weighted by Crippen LogP contribution is 2.50. The van der Waals surface area contributed by atoms with Crippen LogP contribution in [-0.4, -0.2) is 4.98 Å². The van der Waals surface area contributed by atoms with Crippen molar-refractivity contribution in [3.8, 4) is 0 Å². The fourth-order valence-corrected chi connectivity index (χ4v) is 2.92. The van der Waals surface area contributed by atoms with Crippen LogP contribution in [0.3, 0.4) is 0 Å². The molecule has 0 amide bonds. The van der Waals surface area contributed by atoms with Crippen molar-refractivity contribution in [3.05, 3.63) is 16.1 Å². The molecule has 1 aromatic heterocycles. The second kappa shape index (κ2) is 2.34. The van der Waals surface area contributed by atoms with E-state index < -0.39 is 0 Å². The maximum Gasteiger partial charge on any atom is 0.0962 e. The third-order valence-electron chi connectivity index (χ3n) is 3.25. The number of hydrogen-bond donors (Lipinski definition) is 1. The summed E-state index contributed by atoms with van der Waals surface area (Å²) in [5.74, 6) is 1.60. The first-order valence-corrected chi connectivity index (χ1v) is 5.82. The van der Waals surface area contributed by atoms with E-state index in [1.807, 2.05) is 0 Å². The first kappa shape index (κ1) is 7.94. The summed E-state index contributed by atoms with van der Waals surface area (Å²) in [6, 6.07) is 0. The molecule has 0 aliphatic heterocycles. The van der Waals surface area contributed by atoms with E-state index in [-0.39, 0.29) is 5.54 Å². The van der Waals surface area contributed by atoms with Crippen LogP contribution in [0.2, 0.25) is 0 Å². The lowest BCUT2D eigenvalue weighted by Crippen LogP contribution is -2.18. The zero-order valence-electron chi connectivity index (χ0n) is 7.79. The molecule has 0 saturated heterocycles. The van der Waals surface area contributed by atoms with Gasteiger partial charge in [-0.25, -0.2) is 4.98 Å². The third-order valence-corrected chi connectivity index (χ3v) is 4.22. The third kappa shape index (κ3) is 1.22. The highest BCUT2D eigenvalue weighted by Gasteiger charge is 2.44. The molecule has 2 aliphatic carbocycles. The van der Waals surface area contributed by atoms with E-state index in [1.54, 1.807) is 11.3 Å². The molecule has 2 saturated carbocycles. The number of thiazole rings is 1. The van der Waals surface area contributed by atoms with Crippen LogP contribution in [0.5, 0.6) is 0 Å². The predicted octanol–water partition coefficient (Wildman–Crippen LogP) is 2.21. The first-order valence-electron chi connectivity index (χ1n) is 4.94. The smallest absolute Gasteiger partial charge is 0.0962 e. The molecule has 0 radical (unpaired) electrons. The number of nitrogens with two attached hydrogens (primary N) is 1. The fraction of sp³-hybridized carbons (Fsp3) is 0.700. The van der Waals surface area contributed by atoms with Gasteiger partial charge in [0.15, 0.2) is 0 Å². The monoisotopic (exact) mass is 194 g/mol. The predicted molar refractivity (Wildman–Crippen MR) is 53.7 cm³/mol. The minimum Gasteiger partial charge on any atom is -0.320 e. The molecule has 3 heteroatoms. The molecule has 2 unspecified atom stereocenters. The summed E-state index contributed by atoms with van der Waals surface area (Å²) in [6.45, 7) is 2.29. The van der Waals surface area contributed by atoms with Crippen LogP contribution in [0, 0.1) is 5.92 Å². The van der Waals surface area contributed by atoms with Crippen LogP contribution >= 0.6 is 11.3 Å². The second-order valence-electron chi connectivity index (χ2n) is 4.55. The van der Waals surface area contributed by atoms with E-state index in [0.29, 0.717) is 0 Å². The van der Waals surface area contributed by atoms with E-state index >= 15 is 0 Å². The van der Waals surface area contributed by atoms with E-state index in [4.69, 9.17) is 5.73 Å². The lowest BCUT2D eigenvalue weighted by atomic mass is 10.2. The van der Waals surface area contributed by atoms with Gasteiger partial charge >= 0.3 is 0 Å². The van der Waals surface area contributed by atoms with Gasteiger partial charge in [0.1, 0.15) is 0 Å². The Balaban J connectivity index is 1.86. The van der Waals surface area contributed by atoms with Gasteiger partial charge in [-0.2, -0.15) is 0 Å². The van der Waals surface area contributed by atoms with Crippen LogP contribution in [0.25, 0.3) is 0 Å². The average molecular weight is 194 g/mol. The molecule has 1 aromatic rings. The highest BCUT2D eigenvalue weighted by atomic mass is 32.1. The lowest BCUT2D eigenvalue weighted by Gasteiger charge is -2.01. The molecule has 2 atom stereocenters. The van der Waals surface area contributed by atoms with Crippen molar-refractivity contribution in [1.82, 2.24) is 4.98 Å². The molecular formula is C10H14N2S. The van der Waals surface area contributed by atoms with Crippen molar-refractivity contribution in [2.45, 2.75) is 37.6 Å². The topological polar surface area (TPSA) is 38.9 Å². The van der Waals surface area contributed by atoms with Gasteiger partial charge in [0.2, 0.25) is 0 Å². The molecule has 70 valence electrons. The summed E-state index contributed by atoms with van der Waals surface area (Å²) in [4.78, 5) is 4.65. The Morgan fingerprint density at radius 3 is 2.85 bits per heavy atom. The molecule has 0 spiro atoms. The molecule has 2 N–H and O–H groups in total. The molecule has 0 bridgehead atoms. The summed E-state index contributed by atoms with van der Waals surface area (Å²) in [6.07, 6.45) is 3.57. The Morgan fingerprint density at radius 2 is 2.31 bits per heavy atom. The Hall–Kier alpha value is -0.410. The van der Waals surface area contributed by atoms with Crippen LogP contribution < -0.4 is 5.73 Å². The largest absolute Gasteiger partial charge is 0.320 e. The Bertz CT molecular complexity index is 340. The zero-order chi connectivity index (χ0) is 9.05. The van der Waals surface area contributed by atoms with Crippen LogP contribution in [0.4, 0.5) is 0 Å². The Kier molecular flexibility index (Phi) is 1.43. The molecule has 3 rings (SSSR count). The van der Waals surface area contributed by atoms with Crippen LogP contribution in [0.15, 0.2) is 5.38 Å². The molecule has 1 heterocycles. The number of hydrogen-bond acceptors (Lipinski definition) is 3. The van der Waals surface area contributed by atoms with Gasteiger partial charge in [0, 0.05) is 11.3 Å². The molecular weight excluding hydrogens is 180 g/mol. The standard InChI is InChI=1S/C10H14N2S/c1-6-4-7(6)9-12-8(5-13-9)10(11)2-3-10/h5-7H,2-4,11H2,1H3. The first-order chi connectivity index (χ1) is 6.19. The van der Waals surface area contributed by atoms with E-state index in [1.165, 1.54) is 11.4 Å². The lowest BCUT2D eigenvalue weighted by molar-refractivity contribution is 0.708. The number of nitrogens with zero attached hydrogens (tertiary/aromatic N) is 1. The Labute approximate surface area is 82.2 Å². The van der Waals surface area contributed by atoms with Gasteiger partial charge in [0.25, 0.3) is 0 Å². The van der Waals surface area contributed by atoms with Crippen molar-refractivity contribution in [2.75, 3.05) is 0 Å². The minimum atomic E-state index is -0.0348. The van der Waals surface area contributed by atoms with E-state index in [9.17, 15) is 0 Å². The quantitative estimate of drug-likeness (QED) is 0.784. The van der Waals surface area contributed by atoms with Crippen molar-refractivity contribution in [3.63, 3.8) is 0 Å². The summed E-state index contributed by atoms with van der Waals surface area (Å²) in [7, 11) is 0. The summed E-state index contributed by atoms with van der Waals surface area (Å²) in [5, 5.41) is 3.48. The molecule has 0 aromatic carbocycles. The SMILES string of the molecule is CC1CC1c1nc(C2(N)CC2)cs1. The van der Waals surface area contributed by atoms with Gasteiger partial charge < -0.3 is 5.73 Å². The molecule has 2 nitrogen and oxygen atoms in total. The van der Waals surface area contributed by atoms with Gasteiger partial charge in [-0.1, -0.05) is 6.92 Å². The van der Waals surface area contributed by atoms with Crippen LogP contribution in [0.1, 0.15) is 42.8 Å². The molecule has 2 fully saturated rings. The van der Waals surface area contributed by atoms with Crippen molar-refractivity contribution < 1.29 is 0 Å². The van der Waals surface area contributed by atoms with E-state index in [0.717, 1.165) is 30.4 Å². The Morgan fingerprint density at radius 1 is 1.62 bits per heavy atom. The van der Waals surface area contributed by atoms with Gasteiger partial charge in [0.05, 0.1) is 16.2 Å². The highest BCUT2D eigenvalue weighted by molar-refractivity contribution is 7.09. The second-order valence-corrected chi connectivity index (χ2v) is 5.44. The number of aromatic nitrogens is 1. The van der Waals surface area contributed by atoms with Gasteiger partial charge in [-0.05, 0) is 25.2 Å². The molecule has 2 aliphatic rings. The zero-order valence-corrected chi connectivity index (χ0v) is 8.60. The van der Waals surface area contributed by atoms with E-state index in [2.05, 4.69) is 17.3 Å². The average Bonchev–Trinajstić information content (AvgIpc) is 2.97. The normalized spacial score (nSPS) is 34.6.